The molecular weight excluding hydrogens is 469 g/mol. The van der Waals surface area contributed by atoms with E-state index in [9.17, 15) is 26.3 Å². The second-order valence-corrected chi connectivity index (χ2v) is 5.81. The van der Waals surface area contributed by atoms with Crippen LogP contribution in [-0.4, -0.2) is 59.6 Å². The normalized spacial score (nSPS) is 11.3. The van der Waals surface area contributed by atoms with Crippen molar-refractivity contribution in [3.63, 3.8) is 0 Å². The number of hydrogen-bond acceptors (Lipinski definition) is 8. The van der Waals surface area contributed by atoms with E-state index in [4.69, 9.17) is 32.7 Å². The molecule has 2 aromatic rings. The predicted molar refractivity (Wildman–Crippen MR) is 96.3 cm³/mol. The Morgan fingerprint density at radius 1 is 0.767 bits per heavy atom. The molecule has 0 atom stereocenters. The van der Waals surface area contributed by atoms with Crippen LogP contribution in [0, 0.1) is 0 Å². The molecular formula is C14H14Cl2F6N6O2. The first-order valence-corrected chi connectivity index (χ1v) is 8.34. The van der Waals surface area contributed by atoms with Gasteiger partial charge in [-0.2, -0.15) is 26.3 Å². The minimum absolute atomic E-state index is 0.0134. The molecule has 30 heavy (non-hydrogen) atoms. The smallest absolute Gasteiger partial charge is 0.405 e. The van der Waals surface area contributed by atoms with E-state index >= 15 is 0 Å². The van der Waals surface area contributed by atoms with E-state index in [0.29, 0.717) is 0 Å². The van der Waals surface area contributed by atoms with E-state index < -0.39 is 25.4 Å². The summed E-state index contributed by atoms with van der Waals surface area (Å²) in [5.74, 6) is -0.350. The maximum atomic E-state index is 11.9. The second kappa shape index (κ2) is 11.1. The van der Waals surface area contributed by atoms with Crippen LogP contribution in [0.5, 0.6) is 11.8 Å². The van der Waals surface area contributed by atoms with Gasteiger partial charge in [0.05, 0.1) is 26.6 Å². The van der Waals surface area contributed by atoms with Crippen molar-refractivity contribution in [1.82, 2.24) is 19.9 Å². The summed E-state index contributed by atoms with van der Waals surface area (Å²) in [5.41, 5.74) is 0. The van der Waals surface area contributed by atoms with Gasteiger partial charge < -0.3 is 20.1 Å². The first kappa shape index (κ1) is 25.6. The Hall–Kier alpha value is -2.48. The molecule has 0 aromatic carbocycles. The van der Waals surface area contributed by atoms with Gasteiger partial charge in [0.2, 0.25) is 0 Å². The third-order valence-corrected chi connectivity index (χ3v) is 3.08. The van der Waals surface area contributed by atoms with E-state index in [1.165, 1.54) is 26.6 Å². The summed E-state index contributed by atoms with van der Waals surface area (Å²) in [6, 6.07) is 0. The minimum atomic E-state index is -4.34. The van der Waals surface area contributed by atoms with Crippen molar-refractivity contribution in [2.24, 2.45) is 0 Å². The molecule has 0 aliphatic carbocycles. The molecule has 0 aliphatic heterocycles. The summed E-state index contributed by atoms with van der Waals surface area (Å²) in [4.78, 5) is 14.5. The number of nitrogens with zero attached hydrogens (tertiary/aromatic N) is 4. The molecule has 2 heterocycles. The highest BCUT2D eigenvalue weighted by Gasteiger charge is 2.28. The monoisotopic (exact) mass is 482 g/mol. The van der Waals surface area contributed by atoms with Gasteiger partial charge >= 0.3 is 12.4 Å². The highest BCUT2D eigenvalue weighted by atomic mass is 35.5. The number of rotatable bonds is 6. The number of halogens is 8. The SMILES string of the molecule is COc1ncc(Cl)nc1NCC(F)(F)F.COc1ncc(Cl)nc1NCC(F)(F)F. The van der Waals surface area contributed by atoms with Crippen LogP contribution in [0.2, 0.25) is 10.3 Å². The van der Waals surface area contributed by atoms with E-state index in [1.54, 1.807) is 0 Å². The number of anilines is 2. The summed E-state index contributed by atoms with van der Waals surface area (Å²) < 4.78 is 80.8. The largest absolute Gasteiger partial charge is 0.478 e. The van der Waals surface area contributed by atoms with Crippen molar-refractivity contribution in [2.45, 2.75) is 12.4 Å². The van der Waals surface area contributed by atoms with Crippen LogP contribution >= 0.6 is 23.2 Å². The summed E-state index contributed by atoms with van der Waals surface area (Å²) in [6.07, 6.45) is -6.32. The first-order valence-electron chi connectivity index (χ1n) is 7.59. The van der Waals surface area contributed by atoms with Gasteiger partial charge in [-0.25, -0.2) is 19.9 Å². The first-order chi connectivity index (χ1) is 13.8. The van der Waals surface area contributed by atoms with Crippen LogP contribution in [0.25, 0.3) is 0 Å². The van der Waals surface area contributed by atoms with Gasteiger partial charge in [-0.15, -0.1) is 0 Å². The van der Waals surface area contributed by atoms with Crippen molar-refractivity contribution in [3.05, 3.63) is 22.7 Å². The summed E-state index contributed by atoms with van der Waals surface area (Å²) in [5, 5.41) is 4.05. The molecule has 16 heteroatoms. The maximum absolute atomic E-state index is 11.9. The topological polar surface area (TPSA) is 94.1 Å². The molecule has 0 amide bonds. The summed E-state index contributed by atoms with van der Waals surface area (Å²) in [7, 11) is 2.55. The molecule has 8 nitrogen and oxygen atoms in total. The van der Waals surface area contributed by atoms with Gasteiger partial charge in [-0.05, 0) is 0 Å². The number of hydrogen-bond donors (Lipinski definition) is 2. The molecule has 0 saturated heterocycles. The molecule has 0 radical (unpaired) electrons. The number of nitrogens with one attached hydrogen (secondary N) is 2. The molecule has 0 saturated carbocycles. The van der Waals surface area contributed by atoms with Crippen LogP contribution in [0.3, 0.4) is 0 Å². The number of alkyl halides is 6. The molecule has 0 unspecified atom stereocenters. The van der Waals surface area contributed by atoms with Crippen LogP contribution in [0.4, 0.5) is 38.0 Å². The third kappa shape index (κ3) is 9.82. The van der Waals surface area contributed by atoms with Crippen molar-refractivity contribution in [3.8, 4) is 11.8 Å². The Morgan fingerprint density at radius 2 is 1.10 bits per heavy atom. The standard InChI is InChI=1S/2C7H7ClF3N3O/c2*1-15-6-5(13-3-7(9,10)11)14-4(8)2-12-6/h2*2H,3H2,1H3,(H,13,14). The summed E-state index contributed by atoms with van der Waals surface area (Å²) >= 11 is 10.9. The van der Waals surface area contributed by atoms with Crippen LogP contribution in [-0.2, 0) is 0 Å². The van der Waals surface area contributed by atoms with E-state index in [-0.39, 0.29) is 33.7 Å². The average Bonchev–Trinajstić information content (AvgIpc) is 2.64. The maximum Gasteiger partial charge on any atom is 0.405 e. The highest BCUT2D eigenvalue weighted by Crippen LogP contribution is 2.24. The van der Waals surface area contributed by atoms with Gasteiger partial charge in [0.25, 0.3) is 11.8 Å². The third-order valence-electron chi connectivity index (χ3n) is 2.72. The second-order valence-electron chi connectivity index (χ2n) is 5.04. The van der Waals surface area contributed by atoms with Crippen molar-refractivity contribution < 1.29 is 35.8 Å². The number of methoxy groups -OCH3 is 2. The summed E-state index contributed by atoms with van der Waals surface area (Å²) in [6.45, 7) is -2.45. The fourth-order valence-electron chi connectivity index (χ4n) is 1.61. The van der Waals surface area contributed by atoms with E-state index in [0.717, 1.165) is 0 Å². The molecule has 2 rings (SSSR count). The molecule has 2 N–H and O–H groups in total. The molecule has 0 aliphatic rings. The van der Waals surface area contributed by atoms with Crippen molar-refractivity contribution >= 4 is 34.8 Å². The molecule has 0 fully saturated rings. The van der Waals surface area contributed by atoms with Gasteiger partial charge in [0.1, 0.15) is 23.4 Å². The zero-order valence-corrected chi connectivity index (χ0v) is 16.7. The Bertz CT molecular complexity index is 757. The molecule has 0 spiro atoms. The molecule has 168 valence electrons. The minimum Gasteiger partial charge on any atom is -0.478 e. The Kier molecular flexibility index (Phi) is 9.42. The Balaban J connectivity index is 0.000000300. The predicted octanol–water partition coefficient (Wildman–Crippen LogP) is 4.23. The van der Waals surface area contributed by atoms with Gasteiger partial charge in [0, 0.05) is 0 Å². The van der Waals surface area contributed by atoms with Crippen LogP contribution < -0.4 is 20.1 Å². The lowest BCUT2D eigenvalue weighted by Crippen LogP contribution is -2.22. The molecule has 0 bridgehead atoms. The quantitative estimate of drug-likeness (QED) is 0.590. The highest BCUT2D eigenvalue weighted by molar-refractivity contribution is 6.29. The van der Waals surface area contributed by atoms with E-state index in [1.807, 2.05) is 10.6 Å². The zero-order chi connectivity index (χ0) is 22.9. The zero-order valence-electron chi connectivity index (χ0n) is 15.2. The lowest BCUT2D eigenvalue weighted by molar-refractivity contribution is -0.116. The lowest BCUT2D eigenvalue weighted by atomic mass is 10.5. The van der Waals surface area contributed by atoms with Crippen LogP contribution in [0.15, 0.2) is 12.4 Å². The van der Waals surface area contributed by atoms with Gasteiger partial charge in [-0.1, -0.05) is 23.2 Å². The van der Waals surface area contributed by atoms with Crippen molar-refractivity contribution in [1.29, 1.82) is 0 Å². The molecule has 2 aromatic heterocycles. The Morgan fingerprint density at radius 3 is 1.37 bits per heavy atom. The van der Waals surface area contributed by atoms with Gasteiger partial charge in [-0.3, -0.25) is 0 Å². The fraction of sp³-hybridized carbons (Fsp3) is 0.429. The van der Waals surface area contributed by atoms with E-state index in [2.05, 4.69) is 19.9 Å². The average molecular weight is 483 g/mol. The van der Waals surface area contributed by atoms with Crippen molar-refractivity contribution in [2.75, 3.05) is 37.9 Å². The number of aromatic nitrogens is 4. The Labute approximate surface area is 175 Å². The van der Waals surface area contributed by atoms with Gasteiger partial charge in [0.15, 0.2) is 11.6 Å². The number of ether oxygens (including phenoxy) is 2. The van der Waals surface area contributed by atoms with Crippen LogP contribution in [0.1, 0.15) is 0 Å². The lowest BCUT2D eigenvalue weighted by Gasteiger charge is -2.10. The fourth-order valence-corrected chi connectivity index (χ4v) is 1.88.